The van der Waals surface area contributed by atoms with Gasteiger partial charge in [-0.1, -0.05) is 0 Å². The third-order valence-electron chi connectivity index (χ3n) is 3.52. The Morgan fingerprint density at radius 3 is 1.60 bits per heavy atom. The highest BCUT2D eigenvalue weighted by Gasteiger charge is 2.24. The van der Waals surface area contributed by atoms with Crippen molar-refractivity contribution < 1.29 is 49.4 Å². The van der Waals surface area contributed by atoms with Gasteiger partial charge < -0.3 is 9.47 Å². The molecule has 0 saturated heterocycles. The number of esters is 1. The average Bonchev–Trinajstić information content (AvgIpc) is 2.71. The van der Waals surface area contributed by atoms with Gasteiger partial charge in [-0.25, -0.2) is 27.3 Å². The minimum Gasteiger partial charge on any atom is -0.433 e. The van der Waals surface area contributed by atoms with E-state index in [0.29, 0.717) is 6.20 Å². The number of carbonyl (C=O) groups excluding carboxylic acids is 1. The maximum Gasteiger partial charge on any atom is 0.345 e. The van der Waals surface area contributed by atoms with Gasteiger partial charge in [-0.2, -0.15) is 17.6 Å². The lowest BCUT2D eigenvalue weighted by molar-refractivity contribution is 0.0717. The number of hydrogen-bond acceptors (Lipinski definition) is 4. The summed E-state index contributed by atoms with van der Waals surface area (Å²) in [6.45, 7) is 0. The molecule has 3 rings (SSSR count). The highest BCUT2D eigenvalue weighted by atomic mass is 19.2. The molecule has 30 heavy (non-hydrogen) atoms. The van der Waals surface area contributed by atoms with Crippen LogP contribution in [0.3, 0.4) is 0 Å². The number of rotatable bonds is 4. The van der Waals surface area contributed by atoms with Crippen molar-refractivity contribution in [2.75, 3.05) is 0 Å². The van der Waals surface area contributed by atoms with Crippen molar-refractivity contribution in [1.29, 1.82) is 0 Å². The molecule has 0 amide bonds. The second-order valence-corrected chi connectivity index (χ2v) is 5.47. The number of nitrogens with zero attached hydrogens (tertiary/aromatic N) is 1. The molecule has 0 bridgehead atoms. The standard InChI is InChI=1S/C18H5F8NO3/c19-7-3-8(20)13(24)16(12(7)23)29-11-2-1-6(5-27-11)18(28)30-17-14(25)9(21)4-10(22)15(17)26/h1-5H. The van der Waals surface area contributed by atoms with Crippen LogP contribution in [0.4, 0.5) is 35.1 Å². The summed E-state index contributed by atoms with van der Waals surface area (Å²) in [7, 11) is 0. The van der Waals surface area contributed by atoms with Gasteiger partial charge in [-0.3, -0.25) is 0 Å². The van der Waals surface area contributed by atoms with E-state index in [1.54, 1.807) is 0 Å². The van der Waals surface area contributed by atoms with Gasteiger partial charge in [0.25, 0.3) is 0 Å². The summed E-state index contributed by atoms with van der Waals surface area (Å²) in [5.74, 6) is -20.0. The zero-order valence-electron chi connectivity index (χ0n) is 14.1. The predicted octanol–water partition coefficient (Wildman–Crippen LogP) is 5.21. The van der Waals surface area contributed by atoms with E-state index in [4.69, 9.17) is 0 Å². The lowest BCUT2D eigenvalue weighted by Gasteiger charge is -2.09. The topological polar surface area (TPSA) is 48.4 Å². The van der Waals surface area contributed by atoms with Crippen LogP contribution in [0.1, 0.15) is 10.4 Å². The van der Waals surface area contributed by atoms with Crippen molar-refractivity contribution in [3.8, 4) is 17.4 Å². The summed E-state index contributed by atoms with van der Waals surface area (Å²) in [6, 6.07) is 1.47. The molecule has 1 heterocycles. The van der Waals surface area contributed by atoms with Gasteiger partial charge in [0.1, 0.15) is 0 Å². The Labute approximate surface area is 161 Å². The van der Waals surface area contributed by atoms with Crippen LogP contribution >= 0.6 is 0 Å². The van der Waals surface area contributed by atoms with E-state index in [1.165, 1.54) is 0 Å². The molecule has 0 saturated carbocycles. The predicted molar refractivity (Wildman–Crippen MR) is 81.8 cm³/mol. The van der Waals surface area contributed by atoms with Crippen molar-refractivity contribution in [2.45, 2.75) is 0 Å². The average molecular weight is 435 g/mol. The Morgan fingerprint density at radius 1 is 0.700 bits per heavy atom. The molecule has 0 aliphatic heterocycles. The molecule has 12 heteroatoms. The summed E-state index contributed by atoms with van der Waals surface area (Å²) in [5, 5.41) is 0. The zero-order valence-corrected chi connectivity index (χ0v) is 14.1. The minimum atomic E-state index is -1.96. The fourth-order valence-corrected chi connectivity index (χ4v) is 2.10. The molecular weight excluding hydrogens is 430 g/mol. The lowest BCUT2D eigenvalue weighted by atomic mass is 10.2. The van der Waals surface area contributed by atoms with E-state index < -0.39 is 75.4 Å². The summed E-state index contributed by atoms with van der Waals surface area (Å²) in [5.41, 5.74) is -0.530. The van der Waals surface area contributed by atoms with E-state index in [0.717, 1.165) is 12.1 Å². The number of ether oxygens (including phenoxy) is 2. The van der Waals surface area contributed by atoms with Crippen LogP contribution in [0, 0.1) is 46.5 Å². The fourth-order valence-electron chi connectivity index (χ4n) is 2.10. The first kappa shape index (κ1) is 21.0. The number of carbonyl (C=O) groups is 1. The van der Waals surface area contributed by atoms with Crippen molar-refractivity contribution in [3.05, 3.63) is 82.6 Å². The molecular formula is C18H5F8NO3. The fraction of sp³-hybridized carbons (Fsp3) is 0. The third-order valence-corrected chi connectivity index (χ3v) is 3.52. The molecule has 2 aromatic carbocycles. The van der Waals surface area contributed by atoms with Crippen molar-refractivity contribution in [2.24, 2.45) is 0 Å². The molecule has 0 atom stereocenters. The van der Waals surface area contributed by atoms with Gasteiger partial charge >= 0.3 is 5.97 Å². The Kier molecular flexibility index (Phi) is 5.58. The summed E-state index contributed by atoms with van der Waals surface area (Å²) < 4.78 is 116. The lowest BCUT2D eigenvalue weighted by Crippen LogP contribution is -2.12. The maximum atomic E-state index is 13.6. The van der Waals surface area contributed by atoms with E-state index in [2.05, 4.69) is 14.5 Å². The van der Waals surface area contributed by atoms with Crippen molar-refractivity contribution in [1.82, 2.24) is 4.98 Å². The Morgan fingerprint density at radius 2 is 1.17 bits per heavy atom. The number of pyridine rings is 1. The van der Waals surface area contributed by atoms with Crippen LogP contribution in [0.15, 0.2) is 30.5 Å². The molecule has 0 unspecified atom stereocenters. The van der Waals surface area contributed by atoms with Crippen LogP contribution in [-0.2, 0) is 0 Å². The van der Waals surface area contributed by atoms with E-state index in [1.807, 2.05) is 0 Å². The highest BCUT2D eigenvalue weighted by molar-refractivity contribution is 5.90. The Balaban J connectivity index is 1.83. The summed E-state index contributed by atoms with van der Waals surface area (Å²) in [4.78, 5) is 15.3. The maximum absolute atomic E-state index is 13.6. The SMILES string of the molecule is O=C(Oc1c(F)c(F)cc(F)c1F)c1ccc(Oc2c(F)c(F)cc(F)c2F)nc1. The molecule has 156 valence electrons. The number of halogens is 8. The largest absolute Gasteiger partial charge is 0.433 e. The number of hydrogen-bond donors (Lipinski definition) is 0. The van der Waals surface area contributed by atoms with Gasteiger partial charge in [-0.05, 0) is 6.07 Å². The molecule has 0 aliphatic rings. The summed E-state index contributed by atoms with van der Waals surface area (Å²) >= 11 is 0. The molecule has 0 radical (unpaired) electrons. The second kappa shape index (κ2) is 7.97. The third kappa shape index (κ3) is 3.88. The van der Waals surface area contributed by atoms with Crippen molar-refractivity contribution in [3.63, 3.8) is 0 Å². The molecule has 0 aliphatic carbocycles. The zero-order chi connectivity index (χ0) is 22.2. The van der Waals surface area contributed by atoms with Crippen molar-refractivity contribution >= 4 is 5.97 Å². The quantitative estimate of drug-likeness (QED) is 0.245. The van der Waals surface area contributed by atoms with E-state index in [9.17, 15) is 39.9 Å². The van der Waals surface area contributed by atoms with E-state index in [-0.39, 0.29) is 12.1 Å². The molecule has 0 spiro atoms. The van der Waals surface area contributed by atoms with Crippen LogP contribution in [0.25, 0.3) is 0 Å². The van der Waals surface area contributed by atoms with Gasteiger partial charge in [-0.15, -0.1) is 0 Å². The minimum absolute atomic E-state index is 0.0441. The Bertz CT molecular complexity index is 1100. The first-order chi connectivity index (χ1) is 14.1. The summed E-state index contributed by atoms with van der Waals surface area (Å²) in [6.07, 6.45) is 0.634. The highest BCUT2D eigenvalue weighted by Crippen LogP contribution is 2.30. The monoisotopic (exact) mass is 435 g/mol. The molecule has 3 aromatic rings. The van der Waals surface area contributed by atoms with Crippen LogP contribution in [0.5, 0.6) is 17.4 Å². The smallest absolute Gasteiger partial charge is 0.345 e. The van der Waals surface area contributed by atoms with Gasteiger partial charge in [0, 0.05) is 24.4 Å². The van der Waals surface area contributed by atoms with Gasteiger partial charge in [0.2, 0.25) is 40.6 Å². The second-order valence-electron chi connectivity index (χ2n) is 5.47. The first-order valence-electron chi connectivity index (χ1n) is 7.62. The normalized spacial score (nSPS) is 10.8. The van der Waals surface area contributed by atoms with Crippen LogP contribution < -0.4 is 9.47 Å². The number of aromatic nitrogens is 1. The van der Waals surface area contributed by atoms with Crippen LogP contribution in [-0.4, -0.2) is 11.0 Å². The van der Waals surface area contributed by atoms with Crippen LogP contribution in [0.2, 0.25) is 0 Å². The first-order valence-corrected chi connectivity index (χ1v) is 7.62. The van der Waals surface area contributed by atoms with Gasteiger partial charge in [0.05, 0.1) is 5.56 Å². The number of benzene rings is 2. The molecule has 0 fully saturated rings. The molecule has 0 N–H and O–H groups in total. The molecule has 4 nitrogen and oxygen atoms in total. The van der Waals surface area contributed by atoms with E-state index >= 15 is 0 Å². The Hall–Kier alpha value is -3.70. The molecule has 1 aromatic heterocycles. The van der Waals surface area contributed by atoms with Gasteiger partial charge in [0.15, 0.2) is 23.3 Å².